The van der Waals surface area contributed by atoms with Crippen molar-refractivity contribution in [2.24, 2.45) is 0 Å². The number of likely N-dealkylation sites (N-methyl/N-ethyl adjacent to an activating group) is 1. The van der Waals surface area contributed by atoms with Crippen molar-refractivity contribution in [1.29, 1.82) is 5.26 Å². The summed E-state index contributed by atoms with van der Waals surface area (Å²) in [6.07, 6.45) is 4.68. The van der Waals surface area contributed by atoms with Crippen LogP contribution >= 0.6 is 34.5 Å². The van der Waals surface area contributed by atoms with Crippen molar-refractivity contribution in [1.82, 2.24) is 24.8 Å². The Kier molecular flexibility index (Phi) is 6.93. The number of aryl methyl sites for hydroxylation is 1. The number of hydrogen-bond donors (Lipinski definition) is 0. The fourth-order valence-corrected chi connectivity index (χ4v) is 7.13. The van der Waals surface area contributed by atoms with Crippen LogP contribution < -0.4 is 4.90 Å². The molecule has 2 aliphatic heterocycles. The summed E-state index contributed by atoms with van der Waals surface area (Å²) in [5, 5.41) is 10.4. The molecule has 2 atom stereocenters. The van der Waals surface area contributed by atoms with Gasteiger partial charge in [0, 0.05) is 41.9 Å². The van der Waals surface area contributed by atoms with Gasteiger partial charge in [0.2, 0.25) is 0 Å². The lowest BCUT2D eigenvalue weighted by Gasteiger charge is -2.33. The van der Waals surface area contributed by atoms with E-state index in [0.717, 1.165) is 4.90 Å². The van der Waals surface area contributed by atoms with Gasteiger partial charge in [-0.2, -0.15) is 5.26 Å². The summed E-state index contributed by atoms with van der Waals surface area (Å²) in [6.45, 7) is 1.84. The number of anilines is 1. The smallest absolute Gasteiger partial charge is 0.332 e. The highest BCUT2D eigenvalue weighted by Gasteiger charge is 2.65. The van der Waals surface area contributed by atoms with Crippen LogP contribution in [0.4, 0.5) is 10.5 Å². The Balaban J connectivity index is 1.43. The summed E-state index contributed by atoms with van der Waals surface area (Å²) >= 11 is 13.6. The predicted molar refractivity (Wildman–Crippen MR) is 158 cm³/mol. The Morgan fingerprint density at radius 2 is 1.83 bits per heavy atom. The zero-order valence-corrected chi connectivity index (χ0v) is 24.6. The summed E-state index contributed by atoms with van der Waals surface area (Å²) in [5.74, 6) is -1.41. The van der Waals surface area contributed by atoms with Gasteiger partial charge in [0.05, 0.1) is 35.8 Å². The third-order valence-electron chi connectivity index (χ3n) is 7.67. The number of halogens is 2. The molecule has 0 radical (unpaired) electrons. The van der Waals surface area contributed by atoms with Crippen LogP contribution in [-0.2, 0) is 4.79 Å². The molecule has 1 spiro atoms. The molecule has 0 aliphatic carbocycles. The number of nitrogens with zero attached hydrogens (tertiary/aromatic N) is 7. The van der Waals surface area contributed by atoms with Gasteiger partial charge in [-0.05, 0) is 42.8 Å². The number of benzene rings is 2. The molecule has 6 rings (SSSR count). The topological polar surface area (TPSA) is 123 Å². The van der Waals surface area contributed by atoms with Crippen LogP contribution in [0.1, 0.15) is 32.4 Å². The van der Waals surface area contributed by atoms with Crippen LogP contribution in [0.15, 0.2) is 61.1 Å². The van der Waals surface area contributed by atoms with E-state index in [1.165, 1.54) is 34.4 Å². The van der Waals surface area contributed by atoms with Gasteiger partial charge < -0.3 is 9.80 Å². The minimum atomic E-state index is -1.43. The molecule has 4 heterocycles. The fourth-order valence-electron chi connectivity index (χ4n) is 5.62. The fraction of sp³-hybridized carbons (Fsp3) is 0.207. The molecule has 0 saturated carbocycles. The second-order valence-electron chi connectivity index (χ2n) is 10.0. The summed E-state index contributed by atoms with van der Waals surface area (Å²) < 4.78 is 0. The number of carbonyl (C=O) groups is 3. The van der Waals surface area contributed by atoms with E-state index in [-0.39, 0.29) is 34.7 Å². The van der Waals surface area contributed by atoms with Crippen LogP contribution in [0.2, 0.25) is 10.0 Å². The zero-order chi connectivity index (χ0) is 29.8. The van der Waals surface area contributed by atoms with E-state index in [4.69, 9.17) is 23.2 Å². The first-order chi connectivity index (χ1) is 20.1. The van der Waals surface area contributed by atoms with Gasteiger partial charge >= 0.3 is 6.03 Å². The second kappa shape index (κ2) is 10.5. The molecule has 0 N–H and O–H groups in total. The number of amides is 4. The molecule has 2 fully saturated rings. The Morgan fingerprint density at radius 3 is 2.48 bits per heavy atom. The van der Waals surface area contributed by atoms with Crippen molar-refractivity contribution >= 4 is 58.1 Å². The maximum atomic E-state index is 14.4. The van der Waals surface area contributed by atoms with Gasteiger partial charge in [0.25, 0.3) is 11.8 Å². The molecular formula is C29H21Cl2N7O3S. The van der Waals surface area contributed by atoms with E-state index >= 15 is 0 Å². The van der Waals surface area contributed by atoms with Crippen molar-refractivity contribution in [2.45, 2.75) is 18.4 Å². The van der Waals surface area contributed by atoms with Crippen LogP contribution in [0, 0.1) is 18.3 Å². The summed E-state index contributed by atoms with van der Waals surface area (Å²) in [4.78, 5) is 59.5. The molecule has 2 aromatic heterocycles. The van der Waals surface area contributed by atoms with E-state index < -0.39 is 23.4 Å². The Morgan fingerprint density at radius 1 is 1.12 bits per heavy atom. The number of hydrogen-bond acceptors (Lipinski definition) is 8. The molecule has 42 heavy (non-hydrogen) atoms. The molecule has 13 heteroatoms. The van der Waals surface area contributed by atoms with E-state index in [9.17, 15) is 19.6 Å². The van der Waals surface area contributed by atoms with Gasteiger partial charge in [0.15, 0.2) is 0 Å². The average molecular weight is 619 g/mol. The molecule has 210 valence electrons. The Labute approximate surface area is 254 Å². The third kappa shape index (κ3) is 4.39. The first-order valence-corrected chi connectivity index (χ1v) is 14.3. The lowest BCUT2D eigenvalue weighted by Crippen LogP contribution is -2.54. The highest BCUT2D eigenvalue weighted by Crippen LogP contribution is 2.47. The lowest BCUT2D eigenvalue weighted by atomic mass is 9.80. The van der Waals surface area contributed by atoms with Crippen LogP contribution in [0.3, 0.4) is 0 Å². The predicted octanol–water partition coefficient (Wildman–Crippen LogP) is 5.16. The molecule has 0 bridgehead atoms. The van der Waals surface area contributed by atoms with Crippen LogP contribution in [0.25, 0.3) is 10.7 Å². The standard InChI is InChI=1S/C29H21Cl2N7O3S/c1-16-24(42-25(35-16)23-13-33-7-8-34-23)26(39)37-14-22(18-5-3-17(12-32)4-6-18)29(15-37)27(40)38(28(41)36(29)2)21-10-19(30)9-20(31)11-21/h3-11,13,22H,14-15H2,1-2H3/t22-,29+/m0/s1. The Hall–Kier alpha value is -4.37. The first kappa shape index (κ1) is 27.8. The van der Waals surface area contributed by atoms with Gasteiger partial charge in [-0.15, -0.1) is 11.3 Å². The molecule has 4 aromatic rings. The summed E-state index contributed by atoms with van der Waals surface area (Å²) in [6, 6.07) is 12.9. The number of urea groups is 1. The van der Waals surface area contributed by atoms with E-state index in [1.807, 2.05) is 0 Å². The molecule has 10 nitrogen and oxygen atoms in total. The van der Waals surface area contributed by atoms with Gasteiger partial charge in [-0.1, -0.05) is 35.3 Å². The van der Waals surface area contributed by atoms with Gasteiger partial charge in [-0.3, -0.25) is 19.6 Å². The first-order valence-electron chi connectivity index (χ1n) is 12.8. The molecule has 2 saturated heterocycles. The normalized spacial score (nSPS) is 20.1. The van der Waals surface area contributed by atoms with Crippen LogP contribution in [-0.4, -0.2) is 68.3 Å². The van der Waals surface area contributed by atoms with Crippen molar-refractivity contribution < 1.29 is 14.4 Å². The van der Waals surface area contributed by atoms with Crippen LogP contribution in [0.5, 0.6) is 0 Å². The largest absolute Gasteiger partial charge is 0.334 e. The summed E-state index contributed by atoms with van der Waals surface area (Å²) in [5.41, 5.74) is 1.05. The zero-order valence-electron chi connectivity index (χ0n) is 22.3. The molecule has 0 unspecified atom stereocenters. The number of rotatable bonds is 4. The second-order valence-corrected chi connectivity index (χ2v) is 11.9. The monoisotopic (exact) mass is 617 g/mol. The number of nitriles is 1. The number of aromatic nitrogens is 3. The maximum Gasteiger partial charge on any atom is 0.332 e. The quantitative estimate of drug-likeness (QED) is 0.290. The SMILES string of the molecule is Cc1nc(-c2cnccn2)sc1C(=O)N1C[C@@H](c2ccc(C#N)cc2)[C@]2(C1)C(=O)N(c1cc(Cl)cc(Cl)c1)C(=O)N2C. The van der Waals surface area contributed by atoms with Crippen molar-refractivity contribution in [2.75, 3.05) is 25.0 Å². The highest BCUT2D eigenvalue weighted by atomic mass is 35.5. The maximum absolute atomic E-state index is 14.4. The number of thiazole rings is 1. The number of carbonyl (C=O) groups excluding carboxylic acids is 3. The van der Waals surface area contributed by atoms with E-state index in [1.54, 1.807) is 61.7 Å². The molecule has 2 aliphatic rings. The number of likely N-dealkylation sites (tertiary alicyclic amines) is 1. The number of imide groups is 1. The molecule has 4 amide bonds. The minimum absolute atomic E-state index is 0.0554. The van der Waals surface area contributed by atoms with Crippen molar-refractivity contribution in [3.8, 4) is 16.8 Å². The molecular weight excluding hydrogens is 597 g/mol. The summed E-state index contributed by atoms with van der Waals surface area (Å²) in [7, 11) is 1.56. The lowest BCUT2D eigenvalue weighted by molar-refractivity contribution is -0.124. The van der Waals surface area contributed by atoms with Gasteiger partial charge in [0.1, 0.15) is 21.1 Å². The van der Waals surface area contributed by atoms with Crippen molar-refractivity contribution in [3.63, 3.8) is 0 Å². The average Bonchev–Trinajstić information content (AvgIpc) is 3.63. The highest BCUT2D eigenvalue weighted by molar-refractivity contribution is 7.17. The Bertz CT molecular complexity index is 1770. The third-order valence-corrected chi connectivity index (χ3v) is 9.27. The van der Waals surface area contributed by atoms with E-state index in [0.29, 0.717) is 32.4 Å². The minimum Gasteiger partial charge on any atom is -0.334 e. The molecule has 2 aromatic carbocycles. The van der Waals surface area contributed by atoms with E-state index in [2.05, 4.69) is 21.0 Å². The van der Waals surface area contributed by atoms with Crippen molar-refractivity contribution in [3.05, 3.63) is 92.8 Å². The van der Waals surface area contributed by atoms with Gasteiger partial charge in [-0.25, -0.2) is 14.7 Å².